The standard InChI is InChI=1S/C11H23NO4/c1-10(2)12-9-11(13)16-6-4-5-15-8-7-14-3/h10,12H,4-9H2,1-3H3. The first kappa shape index (κ1) is 15.3. The molecule has 0 amide bonds. The fraction of sp³-hybridized carbons (Fsp3) is 0.909. The van der Waals surface area contributed by atoms with Gasteiger partial charge in [-0.2, -0.15) is 0 Å². The molecule has 0 spiro atoms. The van der Waals surface area contributed by atoms with E-state index in [0.717, 1.165) is 6.42 Å². The average Bonchev–Trinajstić information content (AvgIpc) is 2.25. The Morgan fingerprint density at radius 1 is 1.19 bits per heavy atom. The first-order chi connectivity index (χ1) is 7.66. The second kappa shape index (κ2) is 10.9. The van der Waals surface area contributed by atoms with Crippen LogP contribution in [0, 0.1) is 0 Å². The molecular formula is C11H23NO4. The monoisotopic (exact) mass is 233 g/mol. The van der Waals surface area contributed by atoms with Gasteiger partial charge in [0.2, 0.25) is 0 Å². The predicted molar refractivity (Wildman–Crippen MR) is 61.4 cm³/mol. The maximum atomic E-state index is 11.1. The molecule has 0 aliphatic carbocycles. The molecule has 0 aromatic heterocycles. The van der Waals surface area contributed by atoms with Gasteiger partial charge in [-0.25, -0.2) is 0 Å². The van der Waals surface area contributed by atoms with E-state index in [4.69, 9.17) is 14.2 Å². The van der Waals surface area contributed by atoms with E-state index in [1.807, 2.05) is 13.8 Å². The topological polar surface area (TPSA) is 56.8 Å². The molecule has 0 aliphatic rings. The Bertz CT molecular complexity index is 173. The van der Waals surface area contributed by atoms with Crippen molar-refractivity contribution in [2.24, 2.45) is 0 Å². The van der Waals surface area contributed by atoms with Crippen LogP contribution in [0.4, 0.5) is 0 Å². The molecule has 5 heteroatoms. The van der Waals surface area contributed by atoms with Crippen molar-refractivity contribution < 1.29 is 19.0 Å². The zero-order valence-corrected chi connectivity index (χ0v) is 10.5. The van der Waals surface area contributed by atoms with Gasteiger partial charge in [0.25, 0.3) is 0 Å². The summed E-state index contributed by atoms with van der Waals surface area (Å²) in [5.74, 6) is -0.217. The summed E-state index contributed by atoms with van der Waals surface area (Å²) < 4.78 is 15.0. The minimum absolute atomic E-state index is 0.217. The molecule has 0 fully saturated rings. The minimum Gasteiger partial charge on any atom is -0.465 e. The van der Waals surface area contributed by atoms with Crippen molar-refractivity contribution in [2.75, 3.05) is 40.1 Å². The van der Waals surface area contributed by atoms with E-state index in [1.165, 1.54) is 0 Å². The van der Waals surface area contributed by atoms with Crippen LogP contribution in [0.5, 0.6) is 0 Å². The molecule has 0 unspecified atom stereocenters. The largest absolute Gasteiger partial charge is 0.465 e. The lowest BCUT2D eigenvalue weighted by molar-refractivity contribution is -0.143. The Morgan fingerprint density at radius 2 is 1.94 bits per heavy atom. The van der Waals surface area contributed by atoms with Gasteiger partial charge < -0.3 is 19.5 Å². The third-order valence-electron chi connectivity index (χ3n) is 1.78. The fourth-order valence-electron chi connectivity index (χ4n) is 0.930. The van der Waals surface area contributed by atoms with Crippen LogP contribution in [0.2, 0.25) is 0 Å². The van der Waals surface area contributed by atoms with Gasteiger partial charge in [-0.05, 0) is 0 Å². The van der Waals surface area contributed by atoms with Gasteiger partial charge in [0.15, 0.2) is 0 Å². The highest BCUT2D eigenvalue weighted by Gasteiger charge is 2.02. The molecule has 0 bridgehead atoms. The van der Waals surface area contributed by atoms with Crippen LogP contribution < -0.4 is 5.32 Å². The summed E-state index contributed by atoms with van der Waals surface area (Å²) in [5.41, 5.74) is 0. The zero-order chi connectivity index (χ0) is 12.2. The summed E-state index contributed by atoms with van der Waals surface area (Å²) in [6, 6.07) is 0.296. The van der Waals surface area contributed by atoms with E-state index in [-0.39, 0.29) is 12.5 Å². The number of nitrogens with one attached hydrogen (secondary N) is 1. The van der Waals surface area contributed by atoms with Gasteiger partial charge in [-0.3, -0.25) is 4.79 Å². The van der Waals surface area contributed by atoms with Gasteiger partial charge in [0.1, 0.15) is 0 Å². The molecule has 0 saturated carbocycles. The highest BCUT2D eigenvalue weighted by Crippen LogP contribution is 1.87. The number of carbonyl (C=O) groups excluding carboxylic acids is 1. The van der Waals surface area contributed by atoms with Gasteiger partial charge in [0.05, 0.1) is 26.4 Å². The molecule has 0 aromatic carbocycles. The number of rotatable bonds is 10. The smallest absolute Gasteiger partial charge is 0.319 e. The van der Waals surface area contributed by atoms with Crippen LogP contribution in [0.3, 0.4) is 0 Å². The number of carbonyl (C=O) groups is 1. The van der Waals surface area contributed by atoms with Crippen molar-refractivity contribution in [3.05, 3.63) is 0 Å². The van der Waals surface area contributed by atoms with E-state index in [1.54, 1.807) is 7.11 Å². The van der Waals surface area contributed by atoms with E-state index in [0.29, 0.717) is 32.5 Å². The Balaban J connectivity index is 3.15. The molecule has 1 N–H and O–H groups in total. The zero-order valence-electron chi connectivity index (χ0n) is 10.5. The molecule has 0 aromatic rings. The number of ether oxygens (including phenoxy) is 3. The van der Waals surface area contributed by atoms with Crippen LogP contribution in [0.15, 0.2) is 0 Å². The van der Waals surface area contributed by atoms with Crippen molar-refractivity contribution in [2.45, 2.75) is 26.3 Å². The van der Waals surface area contributed by atoms with Crippen molar-refractivity contribution in [3.8, 4) is 0 Å². The summed E-state index contributed by atoms with van der Waals surface area (Å²) in [7, 11) is 1.63. The second-order valence-electron chi connectivity index (χ2n) is 3.71. The molecule has 96 valence electrons. The van der Waals surface area contributed by atoms with Gasteiger partial charge in [-0.15, -0.1) is 0 Å². The predicted octanol–water partition coefficient (Wildman–Crippen LogP) is 0.581. The highest BCUT2D eigenvalue weighted by atomic mass is 16.5. The quantitative estimate of drug-likeness (QED) is 0.442. The Morgan fingerprint density at radius 3 is 2.56 bits per heavy atom. The lowest BCUT2D eigenvalue weighted by atomic mass is 10.4. The molecule has 0 aliphatic heterocycles. The maximum absolute atomic E-state index is 11.1. The average molecular weight is 233 g/mol. The molecule has 0 atom stereocenters. The molecular weight excluding hydrogens is 210 g/mol. The van der Waals surface area contributed by atoms with E-state index < -0.39 is 0 Å². The van der Waals surface area contributed by atoms with Crippen molar-refractivity contribution in [1.29, 1.82) is 0 Å². The van der Waals surface area contributed by atoms with E-state index in [2.05, 4.69) is 5.32 Å². The van der Waals surface area contributed by atoms with Crippen LogP contribution in [-0.4, -0.2) is 52.1 Å². The molecule has 0 saturated heterocycles. The van der Waals surface area contributed by atoms with Crippen LogP contribution in [0.25, 0.3) is 0 Å². The van der Waals surface area contributed by atoms with E-state index >= 15 is 0 Å². The van der Waals surface area contributed by atoms with Crippen molar-refractivity contribution in [3.63, 3.8) is 0 Å². The Labute approximate surface area is 97.4 Å². The lowest BCUT2D eigenvalue weighted by Crippen LogP contribution is -2.30. The molecule has 0 heterocycles. The minimum atomic E-state index is -0.217. The van der Waals surface area contributed by atoms with Gasteiger partial charge in [-0.1, -0.05) is 13.8 Å². The van der Waals surface area contributed by atoms with Crippen LogP contribution in [-0.2, 0) is 19.0 Å². The van der Waals surface area contributed by atoms with Crippen LogP contribution >= 0.6 is 0 Å². The highest BCUT2D eigenvalue weighted by molar-refractivity contribution is 5.71. The molecule has 16 heavy (non-hydrogen) atoms. The SMILES string of the molecule is COCCOCCCOC(=O)CNC(C)C. The third kappa shape index (κ3) is 11.4. The molecule has 0 radical (unpaired) electrons. The summed E-state index contributed by atoms with van der Waals surface area (Å²) in [5, 5.41) is 2.99. The lowest BCUT2D eigenvalue weighted by Gasteiger charge is -2.08. The number of methoxy groups -OCH3 is 1. The molecule has 0 rings (SSSR count). The number of hydrogen-bond donors (Lipinski definition) is 1. The van der Waals surface area contributed by atoms with Crippen molar-refractivity contribution in [1.82, 2.24) is 5.32 Å². The Hall–Kier alpha value is -0.650. The summed E-state index contributed by atoms with van der Waals surface area (Å²) >= 11 is 0. The summed E-state index contributed by atoms with van der Waals surface area (Å²) in [6.07, 6.45) is 0.719. The fourth-order valence-corrected chi connectivity index (χ4v) is 0.930. The first-order valence-electron chi connectivity index (χ1n) is 5.62. The molecule has 5 nitrogen and oxygen atoms in total. The second-order valence-corrected chi connectivity index (χ2v) is 3.71. The normalized spacial score (nSPS) is 10.8. The number of hydrogen-bond acceptors (Lipinski definition) is 5. The maximum Gasteiger partial charge on any atom is 0.319 e. The van der Waals surface area contributed by atoms with Gasteiger partial charge >= 0.3 is 5.97 Å². The first-order valence-corrected chi connectivity index (χ1v) is 5.62. The van der Waals surface area contributed by atoms with Crippen LogP contribution in [0.1, 0.15) is 20.3 Å². The summed E-state index contributed by atoms with van der Waals surface area (Å²) in [4.78, 5) is 11.1. The van der Waals surface area contributed by atoms with E-state index in [9.17, 15) is 4.79 Å². The third-order valence-corrected chi connectivity index (χ3v) is 1.78. The Kier molecular flexibility index (Phi) is 10.4. The van der Waals surface area contributed by atoms with Gasteiger partial charge in [0, 0.05) is 26.2 Å². The summed E-state index contributed by atoms with van der Waals surface area (Å²) in [6.45, 7) is 6.41. The van der Waals surface area contributed by atoms with Crippen molar-refractivity contribution >= 4 is 5.97 Å². The number of esters is 1.